The minimum absolute atomic E-state index is 0.683. The molecular formula is C10H22N2OS. The Morgan fingerprint density at radius 2 is 2.21 bits per heavy atom. The largest absolute Gasteiger partial charge is 0.383 e. The summed E-state index contributed by atoms with van der Waals surface area (Å²) in [6.07, 6.45) is 1.19. The number of hydrogen-bond acceptors (Lipinski definition) is 2. The Kier molecular flexibility index (Phi) is 7.80. The molecule has 0 aromatic heterocycles. The number of rotatable bonds is 6. The van der Waals surface area contributed by atoms with Gasteiger partial charge in [-0.1, -0.05) is 20.3 Å². The molecule has 1 atom stereocenters. The molecule has 14 heavy (non-hydrogen) atoms. The molecule has 0 radical (unpaired) electrons. The highest BCUT2D eigenvalue weighted by Gasteiger charge is 2.06. The number of nitrogens with one attached hydrogen (secondary N) is 1. The van der Waals surface area contributed by atoms with E-state index < -0.39 is 0 Å². The molecule has 0 amide bonds. The van der Waals surface area contributed by atoms with Crippen LogP contribution in [0, 0.1) is 5.92 Å². The van der Waals surface area contributed by atoms with E-state index in [4.69, 9.17) is 17.0 Å². The molecule has 0 saturated carbocycles. The van der Waals surface area contributed by atoms with Gasteiger partial charge in [0.05, 0.1) is 6.61 Å². The van der Waals surface area contributed by atoms with E-state index in [1.54, 1.807) is 7.11 Å². The lowest BCUT2D eigenvalue weighted by molar-refractivity contribution is 0.203. The fraction of sp³-hybridized carbons (Fsp3) is 0.900. The Bertz CT molecular complexity index is 164. The van der Waals surface area contributed by atoms with Gasteiger partial charge in [-0.15, -0.1) is 0 Å². The standard InChI is InChI=1S/C10H22N2OS/c1-5-9(2)8-12(3)10(14)11-6-7-13-4/h9H,5-8H2,1-4H3,(H,11,14). The molecule has 0 aliphatic rings. The van der Waals surface area contributed by atoms with Crippen molar-refractivity contribution >= 4 is 17.3 Å². The summed E-state index contributed by atoms with van der Waals surface area (Å²) < 4.78 is 4.93. The van der Waals surface area contributed by atoms with Gasteiger partial charge in [-0.25, -0.2) is 0 Å². The highest BCUT2D eigenvalue weighted by atomic mass is 32.1. The van der Waals surface area contributed by atoms with E-state index in [1.807, 2.05) is 7.05 Å². The third kappa shape index (κ3) is 6.16. The third-order valence-electron chi connectivity index (χ3n) is 2.21. The van der Waals surface area contributed by atoms with Crippen LogP contribution in [0.15, 0.2) is 0 Å². The van der Waals surface area contributed by atoms with Gasteiger partial charge in [0.2, 0.25) is 0 Å². The lowest BCUT2D eigenvalue weighted by Crippen LogP contribution is -2.40. The van der Waals surface area contributed by atoms with Gasteiger partial charge in [0, 0.05) is 27.2 Å². The molecule has 0 aromatic rings. The minimum Gasteiger partial charge on any atom is -0.383 e. The second-order valence-corrected chi connectivity index (χ2v) is 4.01. The van der Waals surface area contributed by atoms with Gasteiger partial charge >= 0.3 is 0 Å². The first-order chi connectivity index (χ1) is 6.61. The average Bonchev–Trinajstić information content (AvgIpc) is 2.17. The van der Waals surface area contributed by atoms with Crippen molar-refractivity contribution in [2.24, 2.45) is 5.92 Å². The lowest BCUT2D eigenvalue weighted by Gasteiger charge is -2.23. The maximum absolute atomic E-state index is 5.22. The Hall–Kier alpha value is -0.350. The minimum atomic E-state index is 0.683. The summed E-state index contributed by atoms with van der Waals surface area (Å²) in [6, 6.07) is 0. The molecule has 1 unspecified atom stereocenters. The van der Waals surface area contributed by atoms with Crippen LogP contribution in [0.2, 0.25) is 0 Å². The zero-order chi connectivity index (χ0) is 11.0. The smallest absolute Gasteiger partial charge is 0.168 e. The van der Waals surface area contributed by atoms with Gasteiger partial charge in [-0.3, -0.25) is 0 Å². The van der Waals surface area contributed by atoms with Crippen molar-refractivity contribution in [2.45, 2.75) is 20.3 Å². The van der Waals surface area contributed by atoms with Gasteiger partial charge < -0.3 is 15.0 Å². The van der Waals surface area contributed by atoms with Crippen LogP contribution < -0.4 is 5.32 Å². The monoisotopic (exact) mass is 218 g/mol. The van der Waals surface area contributed by atoms with Crippen LogP contribution >= 0.6 is 12.2 Å². The summed E-state index contributed by atoms with van der Waals surface area (Å²) in [7, 11) is 3.71. The van der Waals surface area contributed by atoms with Crippen molar-refractivity contribution < 1.29 is 4.74 Å². The second kappa shape index (κ2) is 8.00. The molecule has 4 heteroatoms. The quantitative estimate of drug-likeness (QED) is 0.539. The van der Waals surface area contributed by atoms with Crippen molar-refractivity contribution in [1.82, 2.24) is 10.2 Å². The highest BCUT2D eigenvalue weighted by molar-refractivity contribution is 7.80. The highest BCUT2D eigenvalue weighted by Crippen LogP contribution is 2.02. The topological polar surface area (TPSA) is 24.5 Å². The van der Waals surface area contributed by atoms with Crippen molar-refractivity contribution in [3.8, 4) is 0 Å². The van der Waals surface area contributed by atoms with Crippen molar-refractivity contribution in [1.29, 1.82) is 0 Å². The molecule has 0 aliphatic heterocycles. The predicted molar refractivity (Wildman–Crippen MR) is 64.6 cm³/mol. The van der Waals surface area contributed by atoms with Crippen molar-refractivity contribution in [3.05, 3.63) is 0 Å². The molecule has 0 fully saturated rings. The maximum atomic E-state index is 5.22. The van der Waals surface area contributed by atoms with Gasteiger partial charge in [0.25, 0.3) is 0 Å². The second-order valence-electron chi connectivity index (χ2n) is 3.62. The van der Waals surface area contributed by atoms with Crippen LogP contribution in [0.4, 0.5) is 0 Å². The first-order valence-electron chi connectivity index (χ1n) is 5.09. The number of nitrogens with zero attached hydrogens (tertiary/aromatic N) is 1. The van der Waals surface area contributed by atoms with Crippen molar-refractivity contribution in [2.75, 3.05) is 33.9 Å². The summed E-state index contributed by atoms with van der Waals surface area (Å²) in [5.41, 5.74) is 0. The summed E-state index contributed by atoms with van der Waals surface area (Å²) in [5.74, 6) is 0.683. The maximum Gasteiger partial charge on any atom is 0.168 e. The van der Waals surface area contributed by atoms with Crippen LogP contribution in [-0.4, -0.2) is 43.9 Å². The van der Waals surface area contributed by atoms with E-state index >= 15 is 0 Å². The first-order valence-corrected chi connectivity index (χ1v) is 5.50. The summed E-state index contributed by atoms with van der Waals surface area (Å²) in [4.78, 5) is 2.08. The zero-order valence-electron chi connectivity index (χ0n) is 9.67. The number of thiocarbonyl (C=S) groups is 1. The Labute approximate surface area is 92.8 Å². The van der Waals surface area contributed by atoms with Gasteiger partial charge in [0.1, 0.15) is 0 Å². The fourth-order valence-corrected chi connectivity index (χ4v) is 1.25. The Morgan fingerprint density at radius 3 is 2.71 bits per heavy atom. The van der Waals surface area contributed by atoms with Gasteiger partial charge in [0.15, 0.2) is 5.11 Å². The molecule has 0 saturated heterocycles. The molecule has 0 rings (SSSR count). The van der Waals surface area contributed by atoms with E-state index in [9.17, 15) is 0 Å². The lowest BCUT2D eigenvalue weighted by atomic mass is 10.1. The molecule has 0 spiro atoms. The van der Waals surface area contributed by atoms with E-state index in [1.165, 1.54) is 6.42 Å². The molecular weight excluding hydrogens is 196 g/mol. The molecule has 0 aliphatic carbocycles. The molecule has 84 valence electrons. The summed E-state index contributed by atoms with van der Waals surface area (Å²) in [6.45, 7) is 6.90. The average molecular weight is 218 g/mol. The molecule has 0 bridgehead atoms. The van der Waals surface area contributed by atoms with Crippen LogP contribution in [0.25, 0.3) is 0 Å². The summed E-state index contributed by atoms with van der Waals surface area (Å²) in [5, 5.41) is 3.95. The number of methoxy groups -OCH3 is 1. The Morgan fingerprint density at radius 1 is 1.57 bits per heavy atom. The van der Waals surface area contributed by atoms with E-state index in [0.29, 0.717) is 12.5 Å². The van der Waals surface area contributed by atoms with Gasteiger partial charge in [-0.2, -0.15) is 0 Å². The van der Waals surface area contributed by atoms with Crippen LogP contribution in [-0.2, 0) is 4.74 Å². The normalized spacial score (nSPS) is 12.3. The first kappa shape index (κ1) is 13.7. The number of ether oxygens (including phenoxy) is 1. The van der Waals surface area contributed by atoms with E-state index in [2.05, 4.69) is 24.1 Å². The van der Waals surface area contributed by atoms with Crippen molar-refractivity contribution in [3.63, 3.8) is 0 Å². The Balaban J connectivity index is 3.64. The van der Waals surface area contributed by atoms with Crippen LogP contribution in [0.5, 0.6) is 0 Å². The predicted octanol–water partition coefficient (Wildman–Crippen LogP) is 1.49. The van der Waals surface area contributed by atoms with Crippen LogP contribution in [0.1, 0.15) is 20.3 Å². The van der Waals surface area contributed by atoms with E-state index in [0.717, 1.165) is 18.2 Å². The molecule has 3 nitrogen and oxygen atoms in total. The number of hydrogen-bond donors (Lipinski definition) is 1. The zero-order valence-corrected chi connectivity index (χ0v) is 10.5. The SMILES string of the molecule is CCC(C)CN(C)C(=S)NCCOC. The molecule has 0 heterocycles. The summed E-state index contributed by atoms with van der Waals surface area (Å²) >= 11 is 5.22. The molecule has 0 aromatic carbocycles. The van der Waals surface area contributed by atoms with Crippen LogP contribution in [0.3, 0.4) is 0 Å². The van der Waals surface area contributed by atoms with Gasteiger partial charge in [-0.05, 0) is 18.1 Å². The fourth-order valence-electron chi connectivity index (χ4n) is 1.07. The molecule has 1 N–H and O–H groups in total. The third-order valence-corrected chi connectivity index (χ3v) is 2.67. The van der Waals surface area contributed by atoms with E-state index in [-0.39, 0.29) is 0 Å².